The fraction of sp³-hybridized carbons (Fsp3) is 0.600. The van der Waals surface area contributed by atoms with Gasteiger partial charge in [-0.05, 0) is 41.5 Å². The van der Waals surface area contributed by atoms with Crippen molar-refractivity contribution in [2.24, 2.45) is 0 Å². The Morgan fingerprint density at radius 3 is 2.09 bits per heavy atom. The highest BCUT2D eigenvalue weighted by molar-refractivity contribution is 6.12. The Morgan fingerprint density at radius 2 is 1.70 bits per heavy atom. The average Bonchev–Trinajstić information content (AvgIpc) is 2.41. The van der Waals surface area contributed by atoms with Crippen molar-refractivity contribution < 1.29 is 29.0 Å². The number of rotatable bonds is 3. The number of carboxylic acids is 1. The van der Waals surface area contributed by atoms with Gasteiger partial charge in [-0.15, -0.1) is 0 Å². The van der Waals surface area contributed by atoms with Crippen molar-refractivity contribution in [1.82, 2.24) is 10.2 Å². The van der Waals surface area contributed by atoms with E-state index in [1.165, 1.54) is 13.8 Å². The van der Waals surface area contributed by atoms with E-state index in [0.717, 1.165) is 4.90 Å². The third kappa shape index (κ3) is 4.08. The number of imide groups is 1. The monoisotopic (exact) mass is 326 g/mol. The lowest BCUT2D eigenvalue weighted by atomic mass is 9.95. The van der Waals surface area contributed by atoms with Crippen molar-refractivity contribution in [3.63, 3.8) is 0 Å². The summed E-state index contributed by atoms with van der Waals surface area (Å²) in [5, 5.41) is 11.3. The number of nitrogens with zero attached hydrogens (tertiary/aromatic N) is 1. The van der Waals surface area contributed by atoms with Gasteiger partial charge in [0.25, 0.3) is 11.8 Å². The second kappa shape index (κ2) is 6.39. The number of ether oxygens (including phenoxy) is 1. The molecule has 0 saturated carbocycles. The molecule has 0 aromatic rings. The Bertz CT molecular complexity index is 587. The van der Waals surface area contributed by atoms with E-state index < -0.39 is 41.6 Å². The number of carbonyl (C=O) groups excluding carboxylic acids is 3. The molecule has 8 nitrogen and oxygen atoms in total. The number of alkyl carbamates (subject to hydrolysis) is 1. The Hall–Kier alpha value is -2.38. The third-order valence-electron chi connectivity index (χ3n) is 3.49. The van der Waals surface area contributed by atoms with E-state index in [2.05, 4.69) is 5.32 Å². The molecule has 1 aliphatic rings. The van der Waals surface area contributed by atoms with E-state index in [9.17, 15) is 19.2 Å². The summed E-state index contributed by atoms with van der Waals surface area (Å²) in [5.74, 6) is -2.49. The number of amides is 3. The maximum Gasteiger partial charge on any atom is 0.408 e. The SMILES string of the molecule is CC(C(=O)O)=C(C)C(=O)N1C(=O)[C@@H](NC(=O)OC(C)(C)C)[C@@H]1C. The summed E-state index contributed by atoms with van der Waals surface area (Å²) >= 11 is 0. The summed E-state index contributed by atoms with van der Waals surface area (Å²) < 4.78 is 5.06. The first-order chi connectivity index (χ1) is 10.4. The van der Waals surface area contributed by atoms with Crippen LogP contribution in [0.25, 0.3) is 0 Å². The Morgan fingerprint density at radius 1 is 1.17 bits per heavy atom. The molecule has 0 aromatic carbocycles. The summed E-state index contributed by atoms with van der Waals surface area (Å²) in [6.07, 6.45) is -0.747. The van der Waals surface area contributed by atoms with E-state index in [0.29, 0.717) is 0 Å². The van der Waals surface area contributed by atoms with Gasteiger partial charge in [-0.25, -0.2) is 9.59 Å². The second-order valence-corrected chi connectivity index (χ2v) is 6.43. The van der Waals surface area contributed by atoms with E-state index >= 15 is 0 Å². The van der Waals surface area contributed by atoms with Crippen LogP contribution < -0.4 is 5.32 Å². The molecule has 0 spiro atoms. The lowest BCUT2D eigenvalue weighted by Gasteiger charge is -2.44. The zero-order valence-corrected chi connectivity index (χ0v) is 14.1. The topological polar surface area (TPSA) is 113 Å². The minimum Gasteiger partial charge on any atom is -0.478 e. The lowest BCUT2D eigenvalue weighted by molar-refractivity contribution is -0.159. The zero-order valence-electron chi connectivity index (χ0n) is 14.1. The molecule has 0 radical (unpaired) electrons. The zero-order chi connectivity index (χ0) is 18.1. The number of hydrogen-bond acceptors (Lipinski definition) is 5. The van der Waals surface area contributed by atoms with Crippen LogP contribution >= 0.6 is 0 Å². The van der Waals surface area contributed by atoms with E-state index in [1.54, 1.807) is 27.7 Å². The van der Waals surface area contributed by atoms with Crippen molar-refractivity contribution in [2.45, 2.75) is 59.2 Å². The van der Waals surface area contributed by atoms with Gasteiger partial charge in [0.15, 0.2) is 0 Å². The molecule has 3 amide bonds. The normalized spacial score (nSPS) is 22.0. The van der Waals surface area contributed by atoms with E-state index in [1.807, 2.05) is 0 Å². The van der Waals surface area contributed by atoms with Gasteiger partial charge in [-0.1, -0.05) is 0 Å². The van der Waals surface area contributed by atoms with Crippen LogP contribution in [0.2, 0.25) is 0 Å². The number of carbonyl (C=O) groups is 4. The van der Waals surface area contributed by atoms with Crippen LogP contribution in [0, 0.1) is 0 Å². The number of likely N-dealkylation sites (tertiary alicyclic amines) is 1. The van der Waals surface area contributed by atoms with E-state index in [-0.39, 0.29) is 11.1 Å². The molecule has 128 valence electrons. The summed E-state index contributed by atoms with van der Waals surface area (Å²) in [6, 6.07) is -1.45. The van der Waals surface area contributed by atoms with Crippen molar-refractivity contribution >= 4 is 23.9 Å². The van der Waals surface area contributed by atoms with Crippen molar-refractivity contribution in [3.05, 3.63) is 11.1 Å². The number of hydrogen-bond donors (Lipinski definition) is 2. The van der Waals surface area contributed by atoms with E-state index in [4.69, 9.17) is 9.84 Å². The number of aliphatic carboxylic acids is 1. The van der Waals surface area contributed by atoms with Crippen LogP contribution in [0.1, 0.15) is 41.5 Å². The van der Waals surface area contributed by atoms with Gasteiger partial charge in [0, 0.05) is 11.1 Å². The van der Waals surface area contributed by atoms with Crippen LogP contribution in [0.15, 0.2) is 11.1 Å². The molecule has 1 fully saturated rings. The molecule has 0 aromatic heterocycles. The maximum absolute atomic E-state index is 12.2. The fourth-order valence-electron chi connectivity index (χ4n) is 2.03. The molecule has 0 aliphatic carbocycles. The number of β-lactam (4-membered cyclic amide) rings is 1. The van der Waals surface area contributed by atoms with Gasteiger partial charge >= 0.3 is 12.1 Å². The summed E-state index contributed by atoms with van der Waals surface area (Å²) in [6.45, 7) is 9.30. The van der Waals surface area contributed by atoms with Crippen molar-refractivity contribution in [1.29, 1.82) is 0 Å². The molecule has 0 unspecified atom stereocenters. The summed E-state index contributed by atoms with van der Waals surface area (Å²) in [7, 11) is 0. The lowest BCUT2D eigenvalue weighted by Crippen LogP contribution is -2.71. The van der Waals surface area contributed by atoms with Crippen LogP contribution in [0.3, 0.4) is 0 Å². The minimum absolute atomic E-state index is 0.0200. The van der Waals surface area contributed by atoms with Gasteiger partial charge < -0.3 is 15.2 Å². The number of nitrogens with one attached hydrogen (secondary N) is 1. The molecule has 1 heterocycles. The smallest absolute Gasteiger partial charge is 0.408 e. The Labute approximate surface area is 134 Å². The molecule has 23 heavy (non-hydrogen) atoms. The van der Waals surface area contributed by atoms with Crippen molar-refractivity contribution in [3.8, 4) is 0 Å². The minimum atomic E-state index is -1.22. The molecular weight excluding hydrogens is 304 g/mol. The molecule has 0 bridgehead atoms. The molecule has 2 atom stereocenters. The van der Waals surface area contributed by atoms with Crippen LogP contribution in [-0.4, -0.2) is 51.6 Å². The molecule has 1 rings (SSSR count). The molecule has 2 N–H and O–H groups in total. The van der Waals surface area contributed by atoms with Crippen LogP contribution in [-0.2, 0) is 19.1 Å². The molecule has 8 heteroatoms. The standard InChI is InChI=1S/C15H22N2O6/c1-7(8(2)13(20)21)11(18)17-9(3)10(12(17)19)16-14(22)23-15(4,5)6/h9-10H,1-6H3,(H,16,22)(H,20,21)/t9-,10-/m0/s1. The first-order valence-electron chi connectivity index (χ1n) is 7.14. The maximum atomic E-state index is 12.2. The van der Waals surface area contributed by atoms with Gasteiger partial charge in [0.2, 0.25) is 0 Å². The predicted molar refractivity (Wildman–Crippen MR) is 80.5 cm³/mol. The second-order valence-electron chi connectivity index (χ2n) is 6.43. The largest absolute Gasteiger partial charge is 0.478 e. The van der Waals surface area contributed by atoms with Crippen molar-refractivity contribution in [2.75, 3.05) is 0 Å². The first-order valence-corrected chi connectivity index (χ1v) is 7.14. The van der Waals surface area contributed by atoms with Crippen LogP contribution in [0.5, 0.6) is 0 Å². The van der Waals surface area contributed by atoms with Gasteiger partial charge in [-0.2, -0.15) is 0 Å². The molecule has 1 aliphatic heterocycles. The first kappa shape index (κ1) is 18.7. The highest BCUT2D eigenvalue weighted by Gasteiger charge is 2.49. The average molecular weight is 326 g/mol. The van der Waals surface area contributed by atoms with Gasteiger partial charge in [0.05, 0.1) is 6.04 Å². The van der Waals surface area contributed by atoms with Gasteiger partial charge in [0.1, 0.15) is 11.6 Å². The molecule has 1 saturated heterocycles. The highest BCUT2D eigenvalue weighted by Crippen LogP contribution is 2.23. The summed E-state index contributed by atoms with van der Waals surface area (Å²) in [5.41, 5.74) is -0.847. The number of carboxylic acid groups (broad SMARTS) is 1. The summed E-state index contributed by atoms with van der Waals surface area (Å²) in [4.78, 5) is 47.8. The molecular formula is C15H22N2O6. The third-order valence-corrected chi connectivity index (χ3v) is 3.49. The van der Waals surface area contributed by atoms with Crippen LogP contribution in [0.4, 0.5) is 4.79 Å². The predicted octanol–water partition coefficient (Wildman–Crippen LogP) is 1.06. The van der Waals surface area contributed by atoms with Gasteiger partial charge in [-0.3, -0.25) is 14.5 Å². The fourth-order valence-corrected chi connectivity index (χ4v) is 2.03. The Balaban J connectivity index is 2.78. The highest BCUT2D eigenvalue weighted by atomic mass is 16.6. The Kier molecular flexibility index (Phi) is 5.19. The quantitative estimate of drug-likeness (QED) is 0.592.